The number of carbonyl (C=O) groups is 2. The summed E-state index contributed by atoms with van der Waals surface area (Å²) in [6, 6.07) is 10.2. The van der Waals surface area contributed by atoms with Gasteiger partial charge >= 0.3 is 6.09 Å². The quantitative estimate of drug-likeness (QED) is 0.431. The Balaban J connectivity index is 1.44. The van der Waals surface area contributed by atoms with E-state index in [1.165, 1.54) is 17.0 Å². The Morgan fingerprint density at radius 1 is 1.17 bits per heavy atom. The van der Waals surface area contributed by atoms with Gasteiger partial charge in [0.25, 0.3) is 0 Å². The van der Waals surface area contributed by atoms with E-state index < -0.39 is 15.9 Å². The number of carboxylic acid groups (broad SMARTS) is 1. The van der Waals surface area contributed by atoms with E-state index in [-0.39, 0.29) is 28.1 Å². The minimum atomic E-state index is -3.65. The van der Waals surface area contributed by atoms with Crippen molar-refractivity contribution in [1.82, 2.24) is 15.1 Å². The molecule has 0 aromatic heterocycles. The lowest BCUT2D eigenvalue weighted by molar-refractivity contribution is -0.130. The Bertz CT molecular complexity index is 1270. The third-order valence-corrected chi connectivity index (χ3v) is 8.39. The van der Waals surface area contributed by atoms with Gasteiger partial charge in [0.15, 0.2) is 9.84 Å². The summed E-state index contributed by atoms with van der Waals surface area (Å²) < 4.78 is 25.2. The zero-order valence-electron chi connectivity index (χ0n) is 20.0. The van der Waals surface area contributed by atoms with Crippen molar-refractivity contribution in [2.75, 3.05) is 32.6 Å². The van der Waals surface area contributed by atoms with E-state index in [1.54, 1.807) is 31.0 Å². The largest absolute Gasteiger partial charge is 0.465 e. The zero-order valence-corrected chi connectivity index (χ0v) is 22.3. The van der Waals surface area contributed by atoms with Crippen molar-refractivity contribution in [2.45, 2.75) is 31.2 Å². The lowest BCUT2D eigenvalue weighted by atomic mass is 10.1. The number of amidine groups is 1. The lowest BCUT2D eigenvalue weighted by Crippen LogP contribution is -2.33. The van der Waals surface area contributed by atoms with Crippen LogP contribution in [0, 0.1) is 6.92 Å². The highest BCUT2D eigenvalue weighted by Crippen LogP contribution is 2.30. The maximum absolute atomic E-state index is 12.6. The molecule has 1 aliphatic heterocycles. The van der Waals surface area contributed by atoms with Gasteiger partial charge in [-0.15, -0.1) is 0 Å². The Hall–Kier alpha value is -2.66. The number of amides is 2. The molecule has 0 fully saturated rings. The standard InChI is InChI=1S/C24H28Cl2N4O5S/c1-16-19(25)9-10-20(22(16)26)36(34,35)15-27-11-3-4-21(31)29(2)14-17-5-7-18(8-6-17)23-28-12-13-30(23)24(32)33/h5-10,27H,3-4,11-15H2,1-2H3,(H,32,33). The Morgan fingerprint density at radius 3 is 2.53 bits per heavy atom. The average Bonchev–Trinajstić information content (AvgIpc) is 3.33. The monoisotopic (exact) mass is 554 g/mol. The average molecular weight is 555 g/mol. The highest BCUT2D eigenvalue weighted by atomic mass is 35.5. The molecular formula is C24H28Cl2N4O5S. The molecule has 3 rings (SSSR count). The molecule has 36 heavy (non-hydrogen) atoms. The van der Waals surface area contributed by atoms with Crippen LogP contribution >= 0.6 is 23.2 Å². The predicted octanol–water partition coefficient (Wildman–Crippen LogP) is 3.80. The van der Waals surface area contributed by atoms with Crippen molar-refractivity contribution >= 4 is 50.9 Å². The molecule has 2 aromatic rings. The molecule has 9 nitrogen and oxygen atoms in total. The summed E-state index contributed by atoms with van der Waals surface area (Å²) in [7, 11) is -1.95. The van der Waals surface area contributed by atoms with Crippen LogP contribution in [-0.4, -0.2) is 73.7 Å². The number of halogens is 2. The van der Waals surface area contributed by atoms with Crippen LogP contribution in [0.3, 0.4) is 0 Å². The number of rotatable bonds is 10. The number of nitrogens with one attached hydrogen (secondary N) is 1. The second-order valence-electron chi connectivity index (χ2n) is 8.43. The molecule has 2 N–H and O–H groups in total. The number of sulfone groups is 1. The number of hydrogen-bond donors (Lipinski definition) is 2. The first-order chi connectivity index (χ1) is 17.0. The fraction of sp³-hybridized carbons (Fsp3) is 0.375. The van der Waals surface area contributed by atoms with Crippen LogP contribution in [0.2, 0.25) is 10.0 Å². The van der Waals surface area contributed by atoms with E-state index in [0.717, 1.165) is 5.56 Å². The van der Waals surface area contributed by atoms with Gasteiger partial charge in [-0.25, -0.2) is 13.2 Å². The van der Waals surface area contributed by atoms with E-state index in [2.05, 4.69) is 10.3 Å². The van der Waals surface area contributed by atoms with E-state index in [9.17, 15) is 23.1 Å². The molecule has 0 atom stereocenters. The SMILES string of the molecule is Cc1c(Cl)ccc(S(=O)(=O)CNCCCC(=O)N(C)Cc2ccc(C3=NCCN3C(=O)O)cc2)c1Cl. The van der Waals surface area contributed by atoms with E-state index >= 15 is 0 Å². The molecule has 0 radical (unpaired) electrons. The highest BCUT2D eigenvalue weighted by Gasteiger charge is 2.24. The maximum Gasteiger partial charge on any atom is 0.413 e. The first kappa shape index (κ1) is 27.9. The van der Waals surface area contributed by atoms with Crippen molar-refractivity contribution in [3.8, 4) is 0 Å². The summed E-state index contributed by atoms with van der Waals surface area (Å²) in [5, 5.41) is 12.6. The second-order valence-corrected chi connectivity index (χ2v) is 11.2. The number of carbonyl (C=O) groups excluding carboxylic acids is 1. The molecule has 2 amide bonds. The molecule has 0 aliphatic carbocycles. The number of hydrogen-bond acceptors (Lipinski definition) is 6. The van der Waals surface area contributed by atoms with Crippen molar-refractivity contribution in [1.29, 1.82) is 0 Å². The van der Waals surface area contributed by atoms with Gasteiger partial charge in [-0.05, 0) is 43.1 Å². The van der Waals surface area contributed by atoms with E-state index in [0.29, 0.717) is 54.6 Å². The molecule has 1 heterocycles. The number of benzene rings is 2. The first-order valence-electron chi connectivity index (χ1n) is 11.3. The number of aliphatic imine (C=N–C) groups is 1. The molecular weight excluding hydrogens is 527 g/mol. The molecule has 0 saturated heterocycles. The zero-order chi connectivity index (χ0) is 26.5. The predicted molar refractivity (Wildman–Crippen MR) is 140 cm³/mol. The van der Waals surface area contributed by atoms with Crippen molar-refractivity contribution in [2.24, 2.45) is 4.99 Å². The summed E-state index contributed by atoms with van der Waals surface area (Å²) >= 11 is 12.1. The Labute approximate surface area is 220 Å². The third-order valence-electron chi connectivity index (χ3n) is 5.79. The van der Waals surface area contributed by atoms with Gasteiger partial charge in [0.2, 0.25) is 5.91 Å². The van der Waals surface area contributed by atoms with Crippen LogP contribution in [0.4, 0.5) is 4.79 Å². The summed E-state index contributed by atoms with van der Waals surface area (Å²) in [5.41, 5.74) is 2.12. The van der Waals surface area contributed by atoms with Gasteiger partial charge in [-0.2, -0.15) is 0 Å². The van der Waals surface area contributed by atoms with Crippen LogP contribution in [0.15, 0.2) is 46.3 Å². The van der Waals surface area contributed by atoms with Gasteiger partial charge in [0.1, 0.15) is 11.7 Å². The molecule has 0 saturated carbocycles. The fourth-order valence-electron chi connectivity index (χ4n) is 3.72. The Morgan fingerprint density at radius 2 is 1.86 bits per heavy atom. The molecule has 0 spiro atoms. The van der Waals surface area contributed by atoms with Crippen molar-refractivity contribution in [3.63, 3.8) is 0 Å². The van der Waals surface area contributed by atoms with Crippen LogP contribution < -0.4 is 5.32 Å². The van der Waals surface area contributed by atoms with Gasteiger partial charge in [0.05, 0.1) is 23.0 Å². The summed E-state index contributed by atoms with van der Waals surface area (Å²) in [6.07, 6.45) is -0.306. The van der Waals surface area contributed by atoms with E-state index in [4.69, 9.17) is 23.2 Å². The summed E-state index contributed by atoms with van der Waals surface area (Å²) in [4.78, 5) is 30.9. The van der Waals surface area contributed by atoms with Crippen molar-refractivity contribution < 1.29 is 23.1 Å². The summed E-state index contributed by atoms with van der Waals surface area (Å²) in [6.45, 7) is 3.18. The minimum Gasteiger partial charge on any atom is -0.465 e. The molecule has 2 aromatic carbocycles. The maximum atomic E-state index is 12.6. The molecule has 0 unspecified atom stereocenters. The van der Waals surface area contributed by atoms with Gasteiger partial charge < -0.3 is 15.3 Å². The third kappa shape index (κ3) is 6.76. The van der Waals surface area contributed by atoms with E-state index in [1.807, 2.05) is 12.1 Å². The smallest absolute Gasteiger partial charge is 0.413 e. The molecule has 194 valence electrons. The topological polar surface area (TPSA) is 119 Å². The normalized spacial score (nSPS) is 13.6. The fourth-order valence-corrected chi connectivity index (χ4v) is 5.71. The molecule has 1 aliphatic rings. The first-order valence-corrected chi connectivity index (χ1v) is 13.7. The Kier molecular flexibility index (Phi) is 9.35. The summed E-state index contributed by atoms with van der Waals surface area (Å²) in [5.74, 6) is 0.0631. The number of nitrogens with zero attached hydrogens (tertiary/aromatic N) is 3. The highest BCUT2D eigenvalue weighted by molar-refractivity contribution is 7.91. The van der Waals surface area contributed by atoms with Crippen LogP contribution in [0.5, 0.6) is 0 Å². The van der Waals surface area contributed by atoms with Crippen molar-refractivity contribution in [3.05, 3.63) is 63.1 Å². The van der Waals surface area contributed by atoms with Crippen LogP contribution in [-0.2, 0) is 21.2 Å². The molecule has 0 bridgehead atoms. The van der Waals surface area contributed by atoms with Gasteiger partial charge in [-0.1, -0.05) is 47.5 Å². The minimum absolute atomic E-state index is 0.0241. The second kappa shape index (κ2) is 12.1. The molecule has 12 heteroatoms. The lowest BCUT2D eigenvalue weighted by Gasteiger charge is -2.18. The van der Waals surface area contributed by atoms with Crippen LogP contribution in [0.1, 0.15) is 29.5 Å². The van der Waals surface area contributed by atoms with Gasteiger partial charge in [0, 0.05) is 30.6 Å². The van der Waals surface area contributed by atoms with Crippen LogP contribution in [0.25, 0.3) is 0 Å². The van der Waals surface area contributed by atoms with Gasteiger partial charge in [-0.3, -0.25) is 14.7 Å².